The van der Waals surface area contributed by atoms with E-state index in [0.717, 1.165) is 16.6 Å². The first-order chi connectivity index (χ1) is 10.7. The number of amides is 1. The molecule has 9 heteroatoms. The average Bonchev–Trinajstić information content (AvgIpc) is 2.46. The summed E-state index contributed by atoms with van der Waals surface area (Å²) in [6, 6.07) is -0.306. The molecule has 1 atom stereocenters. The molecule has 0 aromatic carbocycles. The minimum absolute atomic E-state index is 0.0927. The third-order valence-corrected chi connectivity index (χ3v) is 4.20. The molecule has 1 rings (SSSR count). The molecular formula is C14H19ClN4O3S. The van der Waals surface area contributed by atoms with Crippen LogP contribution in [0.4, 0.5) is 0 Å². The highest BCUT2D eigenvalue weighted by Crippen LogP contribution is 2.19. The summed E-state index contributed by atoms with van der Waals surface area (Å²) in [6.45, 7) is 7.09. The van der Waals surface area contributed by atoms with Gasteiger partial charge in [0.15, 0.2) is 0 Å². The maximum atomic E-state index is 11.8. The first-order valence-electron chi connectivity index (χ1n) is 6.62. The van der Waals surface area contributed by atoms with Crippen molar-refractivity contribution in [2.45, 2.75) is 12.5 Å². The highest BCUT2D eigenvalue weighted by Gasteiger charge is 2.26. The predicted octanol–water partition coefficient (Wildman–Crippen LogP) is 0.830. The van der Waals surface area contributed by atoms with E-state index in [1.54, 1.807) is 6.08 Å². The van der Waals surface area contributed by atoms with Gasteiger partial charge in [0, 0.05) is 17.2 Å². The Morgan fingerprint density at radius 3 is 2.70 bits per heavy atom. The van der Waals surface area contributed by atoms with E-state index < -0.39 is 15.9 Å². The first kappa shape index (κ1) is 19.1. The zero-order valence-corrected chi connectivity index (χ0v) is 14.3. The quantitative estimate of drug-likeness (QED) is 0.328. The molecule has 23 heavy (non-hydrogen) atoms. The van der Waals surface area contributed by atoms with Gasteiger partial charge in [-0.25, -0.2) is 13.4 Å². The fourth-order valence-corrected chi connectivity index (χ4v) is 2.76. The van der Waals surface area contributed by atoms with Gasteiger partial charge in [-0.05, 0) is 18.6 Å². The van der Waals surface area contributed by atoms with Crippen molar-refractivity contribution in [2.75, 3.05) is 12.8 Å². The third kappa shape index (κ3) is 6.01. The molecular weight excluding hydrogens is 340 g/mol. The van der Waals surface area contributed by atoms with E-state index in [4.69, 9.17) is 17.3 Å². The van der Waals surface area contributed by atoms with Crippen molar-refractivity contribution in [3.8, 4) is 0 Å². The molecule has 0 fully saturated rings. The van der Waals surface area contributed by atoms with E-state index in [-0.39, 0.29) is 29.3 Å². The van der Waals surface area contributed by atoms with Gasteiger partial charge in [0.05, 0.1) is 12.8 Å². The Kier molecular flexibility index (Phi) is 6.74. The maximum absolute atomic E-state index is 11.8. The SMILES string of the molecule is C=C/C(Cl)=C/C(=O)N/C(C=C)=N/C1=CC[C@@H](N)CN1S(C)(=O)=O. The number of hydrogen-bond donors (Lipinski definition) is 2. The molecule has 0 aliphatic carbocycles. The number of nitrogens with zero attached hydrogens (tertiary/aromatic N) is 2. The van der Waals surface area contributed by atoms with Gasteiger partial charge >= 0.3 is 0 Å². The molecule has 0 saturated heterocycles. The fourth-order valence-electron chi connectivity index (χ4n) is 1.74. The van der Waals surface area contributed by atoms with Crippen LogP contribution >= 0.6 is 11.6 Å². The lowest BCUT2D eigenvalue weighted by Gasteiger charge is -2.29. The molecule has 0 unspecified atom stereocenters. The molecule has 0 radical (unpaired) electrons. The summed E-state index contributed by atoms with van der Waals surface area (Å²) in [6.07, 6.45) is 6.86. The fraction of sp³-hybridized carbons (Fsp3) is 0.286. The summed E-state index contributed by atoms with van der Waals surface area (Å²) in [5, 5.41) is 2.61. The van der Waals surface area contributed by atoms with Gasteiger partial charge in [0.25, 0.3) is 5.91 Å². The number of nitrogens with two attached hydrogens (primary N) is 1. The standard InChI is InChI=1S/C14H19ClN4O3S/c1-4-10(15)8-14(20)18-12(5-2)17-13-7-6-11(16)9-19(13)23(3,21)22/h4-5,7-8,11H,1-2,6,9,16H2,3H3,(H,17,18,20)/b10-8-/t11-/m1/s1. The lowest BCUT2D eigenvalue weighted by molar-refractivity contribution is -0.115. The van der Waals surface area contributed by atoms with Gasteiger partial charge < -0.3 is 11.1 Å². The second-order valence-corrected chi connectivity index (χ2v) is 7.12. The molecule has 3 N–H and O–H groups in total. The van der Waals surface area contributed by atoms with E-state index in [2.05, 4.69) is 23.5 Å². The Balaban J connectivity index is 3.06. The molecule has 1 heterocycles. The number of carbonyl (C=O) groups excluding carboxylic acids is 1. The van der Waals surface area contributed by atoms with Crippen LogP contribution in [-0.2, 0) is 14.8 Å². The van der Waals surface area contributed by atoms with Crippen LogP contribution in [-0.4, -0.2) is 43.3 Å². The van der Waals surface area contributed by atoms with E-state index in [1.165, 1.54) is 12.2 Å². The Labute approximate surface area is 140 Å². The van der Waals surface area contributed by atoms with Gasteiger partial charge in [-0.3, -0.25) is 9.10 Å². The third-order valence-electron chi connectivity index (χ3n) is 2.80. The zero-order valence-electron chi connectivity index (χ0n) is 12.7. The maximum Gasteiger partial charge on any atom is 0.251 e. The number of hydrogen-bond acceptors (Lipinski definition) is 5. The molecule has 0 bridgehead atoms. The molecule has 7 nitrogen and oxygen atoms in total. The minimum Gasteiger partial charge on any atom is -0.326 e. The van der Waals surface area contributed by atoms with Gasteiger partial charge in [0.1, 0.15) is 11.7 Å². The lowest BCUT2D eigenvalue weighted by atomic mass is 10.1. The van der Waals surface area contributed by atoms with Crippen molar-refractivity contribution in [2.24, 2.45) is 10.7 Å². The average molecular weight is 359 g/mol. The van der Waals surface area contributed by atoms with Gasteiger partial charge in [-0.1, -0.05) is 30.8 Å². The van der Waals surface area contributed by atoms with Crippen LogP contribution in [0, 0.1) is 0 Å². The van der Waals surface area contributed by atoms with Crippen LogP contribution < -0.4 is 11.1 Å². The van der Waals surface area contributed by atoms with Crippen molar-refractivity contribution in [3.05, 3.63) is 48.3 Å². The smallest absolute Gasteiger partial charge is 0.251 e. The van der Waals surface area contributed by atoms with Gasteiger partial charge in [0.2, 0.25) is 10.0 Å². The molecule has 0 spiro atoms. The van der Waals surface area contributed by atoms with Crippen LogP contribution in [0.3, 0.4) is 0 Å². The zero-order chi connectivity index (χ0) is 17.6. The minimum atomic E-state index is -3.53. The number of rotatable bonds is 5. The molecule has 0 saturated carbocycles. The van der Waals surface area contributed by atoms with Crippen LogP contribution in [0.2, 0.25) is 0 Å². The second-order valence-electron chi connectivity index (χ2n) is 4.78. The van der Waals surface area contributed by atoms with Crippen molar-refractivity contribution in [3.63, 3.8) is 0 Å². The summed E-state index contributed by atoms with van der Waals surface area (Å²) in [5.41, 5.74) is 5.78. The van der Waals surface area contributed by atoms with E-state index in [1.807, 2.05) is 0 Å². The van der Waals surface area contributed by atoms with Crippen molar-refractivity contribution < 1.29 is 13.2 Å². The summed E-state index contributed by atoms with van der Waals surface area (Å²) in [5.74, 6) is -0.258. The van der Waals surface area contributed by atoms with Gasteiger partial charge in [-0.2, -0.15) is 0 Å². The van der Waals surface area contributed by atoms with Crippen LogP contribution in [0.5, 0.6) is 0 Å². The second kappa shape index (κ2) is 8.09. The highest BCUT2D eigenvalue weighted by atomic mass is 35.5. The van der Waals surface area contributed by atoms with Crippen LogP contribution in [0.25, 0.3) is 0 Å². The Bertz CT molecular complexity index is 695. The van der Waals surface area contributed by atoms with Gasteiger partial charge in [-0.15, -0.1) is 0 Å². The first-order valence-corrected chi connectivity index (χ1v) is 8.85. The predicted molar refractivity (Wildman–Crippen MR) is 92.1 cm³/mol. The summed E-state index contributed by atoms with van der Waals surface area (Å²) >= 11 is 5.68. The molecule has 1 amide bonds. The van der Waals surface area contributed by atoms with E-state index in [9.17, 15) is 13.2 Å². The molecule has 1 aliphatic rings. The summed E-state index contributed by atoms with van der Waals surface area (Å²) in [4.78, 5) is 15.9. The topological polar surface area (TPSA) is 105 Å². The van der Waals surface area contributed by atoms with Crippen LogP contribution in [0.1, 0.15) is 6.42 Å². The van der Waals surface area contributed by atoms with E-state index in [0.29, 0.717) is 6.42 Å². The van der Waals surface area contributed by atoms with Crippen LogP contribution in [0.15, 0.2) is 53.3 Å². The Morgan fingerprint density at radius 2 is 2.17 bits per heavy atom. The highest BCUT2D eigenvalue weighted by molar-refractivity contribution is 7.88. The lowest BCUT2D eigenvalue weighted by Crippen LogP contribution is -2.43. The van der Waals surface area contributed by atoms with E-state index >= 15 is 0 Å². The Morgan fingerprint density at radius 1 is 1.52 bits per heavy atom. The number of amidine groups is 1. The number of allylic oxidation sites excluding steroid dienone is 2. The number of sulfonamides is 1. The number of carbonyl (C=O) groups is 1. The normalized spacial score (nSPS) is 19.9. The van der Waals surface area contributed by atoms with Crippen molar-refractivity contribution >= 4 is 33.4 Å². The molecule has 1 aliphatic heterocycles. The van der Waals surface area contributed by atoms with Crippen molar-refractivity contribution in [1.29, 1.82) is 0 Å². The summed E-state index contributed by atoms with van der Waals surface area (Å²) < 4.78 is 24.7. The Hall–Kier alpha value is -1.90. The number of halogens is 1. The largest absolute Gasteiger partial charge is 0.326 e. The molecule has 126 valence electrons. The van der Waals surface area contributed by atoms with Crippen molar-refractivity contribution in [1.82, 2.24) is 9.62 Å². The summed E-state index contributed by atoms with van der Waals surface area (Å²) in [7, 11) is -3.53. The monoisotopic (exact) mass is 358 g/mol. The molecule has 0 aromatic heterocycles. The number of aliphatic imine (C=N–C) groups is 1. The molecule has 0 aromatic rings. The number of nitrogens with one attached hydrogen (secondary N) is 1.